The lowest BCUT2D eigenvalue weighted by molar-refractivity contribution is -0.116. The van der Waals surface area contributed by atoms with Crippen LogP contribution in [0.3, 0.4) is 0 Å². The van der Waals surface area contributed by atoms with Gasteiger partial charge >= 0.3 is 0 Å². The lowest BCUT2D eigenvalue weighted by Crippen LogP contribution is -2.17. The van der Waals surface area contributed by atoms with Crippen molar-refractivity contribution in [1.82, 2.24) is 4.57 Å². The Kier molecular flexibility index (Phi) is 4.94. The molecule has 0 unspecified atom stereocenters. The van der Waals surface area contributed by atoms with Crippen molar-refractivity contribution >= 4 is 44.3 Å². The number of thiazole rings is 1. The Labute approximate surface area is 128 Å². The first-order valence-corrected chi connectivity index (χ1v) is 7.74. The van der Waals surface area contributed by atoms with Gasteiger partial charge in [-0.25, -0.2) is 4.39 Å². The average Bonchev–Trinajstić information content (AvgIpc) is 2.74. The summed E-state index contributed by atoms with van der Waals surface area (Å²) in [4.78, 5) is 27.0. The minimum Gasteiger partial charge on any atom is -0.305 e. The number of thioether (sulfide) groups is 1. The predicted octanol–water partition coefficient (Wildman–Crippen LogP) is 2.18. The number of carbonyl (C=O) groups is 2. The van der Waals surface area contributed by atoms with E-state index in [1.807, 2.05) is 0 Å². The largest absolute Gasteiger partial charge is 0.305 e. The Bertz CT molecular complexity index is 814. The highest BCUT2D eigenvalue weighted by Gasteiger charge is 2.09. The number of hydrogen-bond donors (Lipinski definition) is 0. The smallest absolute Gasteiger partial charge is 0.258 e. The van der Waals surface area contributed by atoms with Crippen molar-refractivity contribution in [3.05, 3.63) is 28.8 Å². The van der Waals surface area contributed by atoms with Crippen molar-refractivity contribution in [2.24, 2.45) is 4.99 Å². The van der Waals surface area contributed by atoms with E-state index in [1.54, 1.807) is 10.6 Å². The highest BCUT2D eigenvalue weighted by Crippen LogP contribution is 2.18. The molecule has 1 aromatic carbocycles. The zero-order valence-corrected chi connectivity index (χ0v) is 12.8. The van der Waals surface area contributed by atoms with E-state index in [0.29, 0.717) is 9.50 Å². The molecule has 21 heavy (non-hydrogen) atoms. The summed E-state index contributed by atoms with van der Waals surface area (Å²) in [7, 11) is 0. The Hall–Kier alpha value is -1.91. The second kappa shape index (κ2) is 6.70. The van der Waals surface area contributed by atoms with Crippen LogP contribution in [0.5, 0.6) is 0 Å². The topological polar surface area (TPSA) is 51.4 Å². The van der Waals surface area contributed by atoms with Gasteiger partial charge in [-0.1, -0.05) is 29.0 Å². The van der Waals surface area contributed by atoms with Crippen LogP contribution in [0.4, 0.5) is 4.39 Å². The van der Waals surface area contributed by atoms with Gasteiger partial charge in [-0.2, -0.15) is 4.99 Å². The van der Waals surface area contributed by atoms with Crippen molar-refractivity contribution in [1.29, 1.82) is 0 Å². The van der Waals surface area contributed by atoms with E-state index in [9.17, 15) is 14.0 Å². The van der Waals surface area contributed by atoms with Crippen LogP contribution in [-0.2, 0) is 16.1 Å². The number of halogens is 1. The molecular weight excluding hydrogens is 311 g/mol. The third-order valence-electron chi connectivity index (χ3n) is 2.51. The molecule has 2 rings (SSSR count). The first-order chi connectivity index (χ1) is 10.0. The van der Waals surface area contributed by atoms with E-state index >= 15 is 0 Å². The van der Waals surface area contributed by atoms with E-state index in [2.05, 4.69) is 10.9 Å². The molecule has 108 valence electrons. The summed E-state index contributed by atoms with van der Waals surface area (Å²) in [6.45, 7) is 1.62. The number of rotatable bonds is 3. The summed E-state index contributed by atoms with van der Waals surface area (Å²) in [6, 6.07) is 4.31. The number of aromatic nitrogens is 1. The highest BCUT2D eigenvalue weighted by molar-refractivity contribution is 8.14. The summed E-state index contributed by atoms with van der Waals surface area (Å²) in [6.07, 6.45) is 5.32. The van der Waals surface area contributed by atoms with E-state index < -0.39 is 5.91 Å². The van der Waals surface area contributed by atoms with Crippen molar-refractivity contribution in [3.8, 4) is 12.3 Å². The average molecular weight is 322 g/mol. The van der Waals surface area contributed by atoms with Crippen LogP contribution in [0.25, 0.3) is 10.2 Å². The number of nitrogens with zero attached hydrogens (tertiary/aromatic N) is 2. The standard InChI is InChI=1S/C14H11FN2O2S2/c1-3-6-17-11-5-4-10(15)7-12(11)21-14(17)16-13(19)8-20-9(2)18/h1,4-5,7H,6,8H2,2H3. The SMILES string of the molecule is C#CCn1c(=NC(=O)CSC(C)=O)sc2cc(F)ccc21. The summed E-state index contributed by atoms with van der Waals surface area (Å²) in [5.41, 5.74) is 0.727. The highest BCUT2D eigenvalue weighted by atomic mass is 32.2. The molecule has 0 fully saturated rings. The van der Waals surface area contributed by atoms with Crippen LogP contribution in [0.15, 0.2) is 23.2 Å². The molecule has 0 bridgehead atoms. The molecule has 0 aliphatic carbocycles. The Balaban J connectivity index is 2.47. The van der Waals surface area contributed by atoms with Gasteiger partial charge in [0.1, 0.15) is 5.82 Å². The summed E-state index contributed by atoms with van der Waals surface area (Å²) in [5, 5.41) is -0.145. The zero-order valence-electron chi connectivity index (χ0n) is 11.1. The fourth-order valence-electron chi connectivity index (χ4n) is 1.68. The summed E-state index contributed by atoms with van der Waals surface area (Å²) < 4.78 is 15.6. The van der Waals surface area contributed by atoms with Crippen molar-refractivity contribution in [3.63, 3.8) is 0 Å². The minimum atomic E-state index is -0.423. The van der Waals surface area contributed by atoms with Crippen LogP contribution < -0.4 is 4.80 Å². The van der Waals surface area contributed by atoms with Crippen molar-refractivity contribution in [2.45, 2.75) is 13.5 Å². The lowest BCUT2D eigenvalue weighted by atomic mass is 10.3. The molecule has 0 aliphatic heterocycles. The van der Waals surface area contributed by atoms with Crippen LogP contribution in [-0.4, -0.2) is 21.3 Å². The fraction of sp³-hybridized carbons (Fsp3) is 0.214. The maximum atomic E-state index is 13.3. The first-order valence-electron chi connectivity index (χ1n) is 5.94. The Morgan fingerprint density at radius 2 is 2.29 bits per heavy atom. The molecule has 0 N–H and O–H groups in total. The van der Waals surface area contributed by atoms with Crippen LogP contribution >= 0.6 is 23.1 Å². The van der Waals surface area contributed by atoms with Gasteiger partial charge in [-0.05, 0) is 18.2 Å². The molecule has 1 heterocycles. The van der Waals surface area contributed by atoms with Gasteiger partial charge in [0.05, 0.1) is 22.5 Å². The lowest BCUT2D eigenvalue weighted by Gasteiger charge is -1.99. The molecule has 4 nitrogen and oxygen atoms in total. The normalized spacial score (nSPS) is 11.6. The minimum absolute atomic E-state index is 0.0198. The third-order valence-corrected chi connectivity index (χ3v) is 4.35. The maximum absolute atomic E-state index is 13.3. The van der Waals surface area contributed by atoms with Gasteiger partial charge in [-0.15, -0.1) is 6.42 Å². The molecule has 1 amide bonds. The molecule has 0 saturated carbocycles. The van der Waals surface area contributed by atoms with Crippen molar-refractivity contribution in [2.75, 3.05) is 5.75 Å². The monoisotopic (exact) mass is 322 g/mol. The molecule has 0 aliphatic rings. The molecule has 0 saturated heterocycles. The van der Waals surface area contributed by atoms with E-state index in [-0.39, 0.29) is 23.2 Å². The first kappa shape index (κ1) is 15.5. The van der Waals surface area contributed by atoms with Crippen LogP contribution in [0.1, 0.15) is 6.92 Å². The van der Waals surface area contributed by atoms with Crippen LogP contribution in [0, 0.1) is 18.2 Å². The van der Waals surface area contributed by atoms with Gasteiger partial charge in [0.25, 0.3) is 5.91 Å². The Morgan fingerprint density at radius 3 is 2.95 bits per heavy atom. The molecule has 1 aromatic heterocycles. The Morgan fingerprint density at radius 1 is 1.52 bits per heavy atom. The molecule has 0 spiro atoms. The van der Waals surface area contributed by atoms with Gasteiger partial charge in [-0.3, -0.25) is 9.59 Å². The fourth-order valence-corrected chi connectivity index (χ4v) is 3.14. The van der Waals surface area contributed by atoms with Crippen molar-refractivity contribution < 1.29 is 14.0 Å². The molecule has 2 aromatic rings. The summed E-state index contributed by atoms with van der Waals surface area (Å²) >= 11 is 2.09. The third kappa shape index (κ3) is 3.80. The number of benzene rings is 1. The van der Waals surface area contributed by atoms with Gasteiger partial charge < -0.3 is 4.57 Å². The number of fused-ring (bicyclic) bond motifs is 1. The zero-order chi connectivity index (χ0) is 15.4. The van der Waals surface area contributed by atoms with Gasteiger partial charge in [0.15, 0.2) is 9.92 Å². The van der Waals surface area contributed by atoms with Gasteiger partial charge in [0.2, 0.25) is 0 Å². The number of carbonyl (C=O) groups excluding carboxylic acids is 2. The molecule has 7 heteroatoms. The molecular formula is C14H11FN2O2S2. The number of hydrogen-bond acceptors (Lipinski definition) is 4. The van der Waals surface area contributed by atoms with E-state index in [0.717, 1.165) is 17.3 Å². The predicted molar refractivity (Wildman–Crippen MR) is 82.3 cm³/mol. The van der Waals surface area contributed by atoms with E-state index in [4.69, 9.17) is 6.42 Å². The van der Waals surface area contributed by atoms with Crippen LogP contribution in [0.2, 0.25) is 0 Å². The summed E-state index contributed by atoms with van der Waals surface area (Å²) in [5.74, 6) is 1.68. The second-order valence-electron chi connectivity index (χ2n) is 4.07. The van der Waals surface area contributed by atoms with E-state index in [1.165, 1.54) is 30.4 Å². The second-order valence-corrected chi connectivity index (χ2v) is 6.23. The number of terminal acetylenes is 1. The van der Waals surface area contributed by atoms with Gasteiger partial charge in [0, 0.05) is 6.92 Å². The molecule has 0 radical (unpaired) electrons. The molecule has 0 atom stereocenters. The quantitative estimate of drug-likeness (QED) is 0.814. The maximum Gasteiger partial charge on any atom is 0.258 e. The number of amides is 1.